The third-order valence-corrected chi connectivity index (χ3v) is 12.4. The van der Waals surface area contributed by atoms with Crippen molar-refractivity contribution in [3.05, 3.63) is 99.9 Å². The average molecular weight is 989 g/mol. The number of carboxylic acid groups (broad SMARTS) is 1. The third-order valence-electron chi connectivity index (χ3n) is 11.9. The Balaban J connectivity index is 1.12. The second-order valence-corrected chi connectivity index (χ2v) is 18.0. The zero-order valence-corrected chi connectivity index (χ0v) is 39.3. The van der Waals surface area contributed by atoms with E-state index in [2.05, 4.69) is 35.1 Å². The maximum atomic E-state index is 14.2. The molecule has 2 aliphatic heterocycles. The van der Waals surface area contributed by atoms with Crippen molar-refractivity contribution in [1.29, 1.82) is 0 Å². The lowest BCUT2D eigenvalue weighted by molar-refractivity contribution is -0.165. The molecule has 4 N–H and O–H groups in total. The number of methoxy groups -OCH3 is 1. The van der Waals surface area contributed by atoms with Gasteiger partial charge in [-0.15, -0.1) is 0 Å². The van der Waals surface area contributed by atoms with Crippen LogP contribution in [0.1, 0.15) is 56.0 Å². The van der Waals surface area contributed by atoms with E-state index in [4.69, 9.17) is 37.8 Å². The summed E-state index contributed by atoms with van der Waals surface area (Å²) in [6, 6.07) is 17.3. The molecule has 16 nitrogen and oxygen atoms in total. The van der Waals surface area contributed by atoms with Gasteiger partial charge in [-0.05, 0) is 99.8 Å². The minimum Gasteiger partial charge on any atom is -0.457 e. The number of amides is 3. The maximum absolute atomic E-state index is 14.2. The summed E-state index contributed by atoms with van der Waals surface area (Å²) in [4.78, 5) is 72.9. The van der Waals surface area contributed by atoms with E-state index in [0.29, 0.717) is 32.7 Å². The highest BCUT2D eigenvalue weighted by atomic mass is 35.5. The summed E-state index contributed by atoms with van der Waals surface area (Å²) in [5.74, 6) is -3.84. The molecule has 0 spiro atoms. The number of esters is 1. The molecule has 366 valence electrons. The monoisotopic (exact) mass is 987 g/mol. The minimum atomic E-state index is -4.89. The molecule has 2 fully saturated rings. The van der Waals surface area contributed by atoms with Gasteiger partial charge in [-0.2, -0.15) is 13.2 Å². The topological polar surface area (TPSA) is 194 Å². The molecule has 0 radical (unpaired) electrons. The molecular weight excluding hydrogens is 934 g/mol. The molecule has 21 heteroatoms. The lowest BCUT2D eigenvalue weighted by atomic mass is 9.82. The van der Waals surface area contributed by atoms with Gasteiger partial charge in [-0.3, -0.25) is 24.1 Å². The molecule has 3 heterocycles. The normalized spacial score (nSPS) is 17.6. The number of imidazole rings is 1. The summed E-state index contributed by atoms with van der Waals surface area (Å²) in [6.45, 7) is 4.15. The van der Waals surface area contributed by atoms with Gasteiger partial charge in [0.2, 0.25) is 17.7 Å². The van der Waals surface area contributed by atoms with Gasteiger partial charge in [-0.25, -0.2) is 9.78 Å². The Bertz CT molecular complexity index is 2420. The number of hydrogen-bond acceptors (Lipinski definition) is 11. The van der Waals surface area contributed by atoms with Crippen molar-refractivity contribution in [3.8, 4) is 22.8 Å². The number of carbonyl (C=O) groups is 5. The van der Waals surface area contributed by atoms with Crippen LogP contribution in [0, 0.1) is 5.92 Å². The van der Waals surface area contributed by atoms with E-state index in [1.165, 1.54) is 13.5 Å². The molecule has 4 aromatic rings. The van der Waals surface area contributed by atoms with Crippen molar-refractivity contribution in [2.75, 3.05) is 39.9 Å². The highest BCUT2D eigenvalue weighted by molar-refractivity contribution is 6.31. The molecule has 0 unspecified atom stereocenters. The summed E-state index contributed by atoms with van der Waals surface area (Å²) >= 11 is 12.5. The average Bonchev–Trinajstić information content (AvgIpc) is 3.63. The quantitative estimate of drug-likeness (QED) is 0.0530. The van der Waals surface area contributed by atoms with Crippen molar-refractivity contribution in [2.24, 2.45) is 13.0 Å². The van der Waals surface area contributed by atoms with Gasteiger partial charge in [0.1, 0.15) is 23.4 Å². The first kappa shape index (κ1) is 51.7. The fourth-order valence-corrected chi connectivity index (χ4v) is 8.56. The van der Waals surface area contributed by atoms with Gasteiger partial charge in [-0.1, -0.05) is 41.4 Å². The Morgan fingerprint density at radius 3 is 2.29 bits per heavy atom. The van der Waals surface area contributed by atoms with Crippen molar-refractivity contribution in [2.45, 2.75) is 82.3 Å². The first-order valence-corrected chi connectivity index (χ1v) is 22.7. The fraction of sp³-hybridized carbons (Fsp3) is 0.447. The number of alkyl halides is 3. The molecule has 0 bridgehead atoms. The summed E-state index contributed by atoms with van der Waals surface area (Å²) < 4.78 is 58.8. The molecule has 4 atom stereocenters. The fourth-order valence-electron chi connectivity index (χ4n) is 8.27. The predicted molar refractivity (Wildman–Crippen MR) is 245 cm³/mol. The zero-order valence-electron chi connectivity index (χ0n) is 37.7. The van der Waals surface area contributed by atoms with Crippen LogP contribution in [0.3, 0.4) is 0 Å². The van der Waals surface area contributed by atoms with Gasteiger partial charge in [0.25, 0.3) is 0 Å². The predicted octanol–water partition coefficient (Wildman–Crippen LogP) is 6.90. The second-order valence-electron chi connectivity index (χ2n) is 17.1. The Morgan fingerprint density at radius 2 is 1.65 bits per heavy atom. The number of rotatable bonds is 20. The summed E-state index contributed by atoms with van der Waals surface area (Å²) in [5.41, 5.74) is 2.01. The van der Waals surface area contributed by atoms with Crippen molar-refractivity contribution >= 4 is 53.0 Å². The Morgan fingerprint density at radius 1 is 0.941 bits per heavy atom. The second kappa shape index (κ2) is 23.0. The van der Waals surface area contributed by atoms with Gasteiger partial charge in [0.15, 0.2) is 0 Å². The van der Waals surface area contributed by atoms with Gasteiger partial charge >= 0.3 is 18.3 Å². The Hall–Kier alpha value is -5.73. The van der Waals surface area contributed by atoms with E-state index < -0.39 is 72.4 Å². The number of nitrogens with zero attached hydrogens (tertiary/aromatic N) is 4. The van der Waals surface area contributed by atoms with Crippen LogP contribution in [0.4, 0.5) is 18.0 Å². The van der Waals surface area contributed by atoms with Crippen LogP contribution < -0.4 is 20.7 Å². The maximum Gasteiger partial charge on any atom is 0.513 e. The lowest BCUT2D eigenvalue weighted by Crippen LogP contribution is -2.65. The lowest BCUT2D eigenvalue weighted by Gasteiger charge is -2.45. The van der Waals surface area contributed by atoms with E-state index in [1.54, 1.807) is 49.4 Å². The highest BCUT2D eigenvalue weighted by Gasteiger charge is 2.44. The summed E-state index contributed by atoms with van der Waals surface area (Å²) in [7, 11) is 3.34. The minimum absolute atomic E-state index is 0.0145. The number of piperidine rings is 1. The van der Waals surface area contributed by atoms with Crippen LogP contribution in [0.5, 0.6) is 11.5 Å². The number of benzene rings is 3. The van der Waals surface area contributed by atoms with Gasteiger partial charge < -0.3 is 44.7 Å². The zero-order chi connectivity index (χ0) is 49.2. The number of nitrogens with one attached hydrogen (secondary N) is 3. The van der Waals surface area contributed by atoms with E-state index >= 15 is 0 Å². The molecule has 2 saturated heterocycles. The van der Waals surface area contributed by atoms with Crippen LogP contribution in [-0.2, 0) is 55.2 Å². The van der Waals surface area contributed by atoms with Crippen molar-refractivity contribution in [3.63, 3.8) is 0 Å². The number of ether oxygens (including phenoxy) is 3. The number of aromatic nitrogens is 2. The molecule has 0 saturated carbocycles. The van der Waals surface area contributed by atoms with Gasteiger partial charge in [0.05, 0.1) is 55.4 Å². The highest BCUT2D eigenvalue weighted by Crippen LogP contribution is 2.34. The number of hydrogen-bond donors (Lipinski definition) is 4. The molecular formula is C47H54Cl2F3N7O9. The molecule has 6 rings (SSSR count). The summed E-state index contributed by atoms with van der Waals surface area (Å²) in [6.07, 6.45) is -6.11. The van der Waals surface area contributed by atoms with E-state index in [1.807, 2.05) is 37.5 Å². The smallest absolute Gasteiger partial charge is 0.457 e. The van der Waals surface area contributed by atoms with Crippen molar-refractivity contribution < 1.29 is 56.5 Å². The Labute approximate surface area is 401 Å². The van der Waals surface area contributed by atoms with E-state index in [-0.39, 0.29) is 45.5 Å². The molecule has 3 aromatic carbocycles. The number of halogens is 5. The molecule has 0 aliphatic carbocycles. The standard InChI is InChI=1S/C47H54Cl2F3N7O9/c1-29(53-24-32-8-13-35(49)21-39(32)67-36-14-9-31(10-15-36)38-25-54-40(57(38)2)26-58-17-5-18-58)42(61)55-37(27-66-3)43(62)56-46(22-30-6-11-34(48)12-7-30)16-4-19-59(28-46)44(63)33(23-47(50,51)52)20-41(60)68-45(64)65/h6-15,21,25,29,33,37,53H,4-5,16-20,22-24,26-28H2,1-3H3,(H,55,61)(H,56,62)(H,64,65)/t29-,33-,37-,46+/m0/s1. The van der Waals surface area contributed by atoms with Crippen molar-refractivity contribution in [1.82, 2.24) is 35.3 Å². The van der Waals surface area contributed by atoms with E-state index in [9.17, 15) is 37.1 Å². The summed E-state index contributed by atoms with van der Waals surface area (Å²) in [5, 5.41) is 18.6. The van der Waals surface area contributed by atoms with Crippen LogP contribution in [0.25, 0.3) is 11.3 Å². The first-order chi connectivity index (χ1) is 32.3. The van der Waals surface area contributed by atoms with Crippen LogP contribution in [-0.4, -0.2) is 118 Å². The third kappa shape index (κ3) is 14.4. The molecule has 68 heavy (non-hydrogen) atoms. The van der Waals surface area contributed by atoms with Crippen LogP contribution in [0.15, 0.2) is 72.9 Å². The number of likely N-dealkylation sites (tertiary alicyclic amines) is 2. The molecule has 3 amide bonds. The van der Waals surface area contributed by atoms with E-state index in [0.717, 1.165) is 41.6 Å². The molecule has 1 aromatic heterocycles. The van der Waals surface area contributed by atoms with Gasteiger partial charge in [0, 0.05) is 55.0 Å². The van der Waals surface area contributed by atoms with Crippen LogP contribution >= 0.6 is 23.2 Å². The number of carbonyl (C=O) groups excluding carboxylic acids is 4. The SMILES string of the molecule is COC[C@H](NC(=O)[C@H](C)NCc1ccc(Cl)cc1Oc1ccc(-c2cnc(CN3CCC3)n2C)cc1)C(=O)N[C@@]1(Cc2ccc(Cl)cc2)CCCN(C(=O)[C@@H](CC(=O)OC(=O)O)CC(F)(F)F)C1. The molecule has 2 aliphatic rings. The van der Waals surface area contributed by atoms with Crippen LogP contribution in [0.2, 0.25) is 10.0 Å². The Kier molecular flexibility index (Phi) is 17.5. The largest absolute Gasteiger partial charge is 0.513 e. The first-order valence-electron chi connectivity index (χ1n) is 22.0.